The van der Waals surface area contributed by atoms with Gasteiger partial charge in [0.25, 0.3) is 0 Å². The Kier molecular flexibility index (Phi) is 44.1. The molecule has 6 heteroatoms. The highest BCUT2D eigenvalue weighted by Gasteiger charge is 2.19. The third-order valence-electron chi connectivity index (χ3n) is 9.64. The van der Waals surface area contributed by atoms with E-state index in [1.54, 1.807) is 0 Å². The molecule has 0 amide bonds. The first-order chi connectivity index (χ1) is 29.0. The Morgan fingerprint density at radius 3 is 1.29 bits per heavy atom. The summed E-state index contributed by atoms with van der Waals surface area (Å²) >= 11 is 0. The van der Waals surface area contributed by atoms with Gasteiger partial charge in [0.1, 0.15) is 13.2 Å². The van der Waals surface area contributed by atoms with E-state index in [4.69, 9.17) is 14.2 Å². The first-order valence-electron chi connectivity index (χ1n) is 23.8. The molecule has 0 aromatic rings. The Bertz CT molecular complexity index is 1220. The van der Waals surface area contributed by atoms with Crippen molar-refractivity contribution >= 4 is 17.9 Å². The van der Waals surface area contributed by atoms with Crippen LogP contribution in [0.2, 0.25) is 0 Å². The smallest absolute Gasteiger partial charge is 0.306 e. The topological polar surface area (TPSA) is 78.9 Å². The van der Waals surface area contributed by atoms with Crippen molar-refractivity contribution < 1.29 is 28.6 Å². The summed E-state index contributed by atoms with van der Waals surface area (Å²) in [6, 6.07) is 0. The van der Waals surface area contributed by atoms with Crippen molar-refractivity contribution in [3.8, 4) is 0 Å². The van der Waals surface area contributed by atoms with Gasteiger partial charge >= 0.3 is 17.9 Å². The van der Waals surface area contributed by atoms with Crippen LogP contribution < -0.4 is 0 Å². The molecule has 334 valence electrons. The van der Waals surface area contributed by atoms with Crippen LogP contribution in [0.15, 0.2) is 97.2 Å². The van der Waals surface area contributed by atoms with Gasteiger partial charge in [0.15, 0.2) is 6.10 Å². The summed E-state index contributed by atoms with van der Waals surface area (Å²) in [5.74, 6) is -1.01. The van der Waals surface area contributed by atoms with Crippen LogP contribution in [0.4, 0.5) is 0 Å². The summed E-state index contributed by atoms with van der Waals surface area (Å²) < 4.78 is 16.7. The van der Waals surface area contributed by atoms with Crippen LogP contribution in [0.1, 0.15) is 201 Å². The van der Waals surface area contributed by atoms with E-state index in [9.17, 15) is 14.4 Å². The van der Waals surface area contributed by atoms with Gasteiger partial charge in [-0.15, -0.1) is 0 Å². The number of ether oxygens (including phenoxy) is 3. The maximum atomic E-state index is 12.7. The van der Waals surface area contributed by atoms with E-state index < -0.39 is 6.10 Å². The summed E-state index contributed by atoms with van der Waals surface area (Å²) in [6.45, 7) is 6.28. The monoisotopic (exact) mass is 819 g/mol. The first-order valence-corrected chi connectivity index (χ1v) is 23.8. The van der Waals surface area contributed by atoms with Crippen molar-refractivity contribution in [2.75, 3.05) is 13.2 Å². The Morgan fingerprint density at radius 1 is 0.373 bits per heavy atom. The molecule has 0 aromatic heterocycles. The summed E-state index contributed by atoms with van der Waals surface area (Å²) in [5.41, 5.74) is 0. The zero-order valence-electron chi connectivity index (χ0n) is 38.0. The Balaban J connectivity index is 4.51. The quantitative estimate of drug-likeness (QED) is 0.0201. The molecule has 0 aliphatic carbocycles. The molecule has 0 radical (unpaired) electrons. The summed E-state index contributed by atoms with van der Waals surface area (Å²) in [5, 5.41) is 0. The molecule has 59 heavy (non-hydrogen) atoms. The standard InChI is InChI=1S/C53H86O6/c1-4-7-10-13-16-19-22-25-26-27-29-31-34-37-40-43-46-52(55)58-49-50(48-57-51(54)45-42-39-36-33-30-24-21-18-15-12-9-6-3)59-53(56)47-44-41-38-35-32-28-23-20-17-14-11-8-5-2/h8-9,11-12,14,17-18,20-21,23,26-27,29-31,33,50H,4-7,10,13,15-16,19,22,24-25,28,32,34-49H2,1-3H3/b11-8-,12-9-,17-14-,21-18-,23-20-,27-26-,31-29-,33-30-. The highest BCUT2D eigenvalue weighted by atomic mass is 16.6. The van der Waals surface area contributed by atoms with Crippen LogP contribution in [0, 0.1) is 0 Å². The van der Waals surface area contributed by atoms with Gasteiger partial charge in [0.2, 0.25) is 0 Å². The molecule has 0 rings (SSSR count). The second kappa shape index (κ2) is 47.0. The van der Waals surface area contributed by atoms with Crippen LogP contribution >= 0.6 is 0 Å². The molecule has 6 nitrogen and oxygen atoms in total. The molecule has 0 saturated carbocycles. The molecule has 0 spiro atoms. The average molecular weight is 819 g/mol. The number of hydrogen-bond acceptors (Lipinski definition) is 6. The van der Waals surface area contributed by atoms with Crippen molar-refractivity contribution in [1.82, 2.24) is 0 Å². The number of esters is 3. The van der Waals surface area contributed by atoms with Gasteiger partial charge in [-0.3, -0.25) is 14.4 Å². The summed E-state index contributed by atoms with van der Waals surface area (Å²) in [6.07, 6.45) is 61.1. The molecular formula is C53H86O6. The molecule has 0 aromatic carbocycles. The lowest BCUT2D eigenvalue weighted by Crippen LogP contribution is -2.30. The molecule has 1 unspecified atom stereocenters. The predicted molar refractivity (Wildman–Crippen MR) is 251 cm³/mol. The first kappa shape index (κ1) is 55.3. The molecule has 0 N–H and O–H groups in total. The van der Waals surface area contributed by atoms with Crippen molar-refractivity contribution in [2.24, 2.45) is 0 Å². The molecule has 0 fully saturated rings. The van der Waals surface area contributed by atoms with E-state index in [-0.39, 0.29) is 37.5 Å². The molecule has 0 bridgehead atoms. The second-order valence-corrected chi connectivity index (χ2v) is 15.3. The largest absolute Gasteiger partial charge is 0.462 e. The van der Waals surface area contributed by atoms with E-state index in [0.717, 1.165) is 116 Å². The highest BCUT2D eigenvalue weighted by Crippen LogP contribution is 2.12. The van der Waals surface area contributed by atoms with Gasteiger partial charge in [-0.25, -0.2) is 0 Å². The minimum Gasteiger partial charge on any atom is -0.462 e. The number of rotatable bonds is 41. The predicted octanol–water partition coefficient (Wildman–Crippen LogP) is 15.4. The van der Waals surface area contributed by atoms with Gasteiger partial charge in [-0.1, -0.05) is 182 Å². The average Bonchev–Trinajstić information content (AvgIpc) is 3.23. The maximum absolute atomic E-state index is 12.7. The van der Waals surface area contributed by atoms with Crippen molar-refractivity contribution in [3.05, 3.63) is 97.2 Å². The molecule has 0 saturated heterocycles. The van der Waals surface area contributed by atoms with Crippen LogP contribution in [0.3, 0.4) is 0 Å². The lowest BCUT2D eigenvalue weighted by molar-refractivity contribution is -0.167. The fraction of sp³-hybridized carbons (Fsp3) is 0.642. The fourth-order valence-electron chi connectivity index (χ4n) is 6.09. The van der Waals surface area contributed by atoms with Crippen molar-refractivity contribution in [3.63, 3.8) is 0 Å². The Morgan fingerprint density at radius 2 is 0.746 bits per heavy atom. The van der Waals surface area contributed by atoms with Crippen molar-refractivity contribution in [1.29, 1.82) is 0 Å². The number of carbonyl (C=O) groups excluding carboxylic acids is 3. The van der Waals surface area contributed by atoms with Gasteiger partial charge in [0, 0.05) is 19.3 Å². The molecular weight excluding hydrogens is 733 g/mol. The van der Waals surface area contributed by atoms with Gasteiger partial charge in [0.05, 0.1) is 0 Å². The summed E-state index contributed by atoms with van der Waals surface area (Å²) in [4.78, 5) is 37.8. The highest BCUT2D eigenvalue weighted by molar-refractivity contribution is 5.71. The zero-order valence-corrected chi connectivity index (χ0v) is 38.0. The lowest BCUT2D eigenvalue weighted by atomic mass is 10.1. The third kappa shape index (κ3) is 45.3. The van der Waals surface area contributed by atoms with Crippen LogP contribution in [0.25, 0.3) is 0 Å². The number of allylic oxidation sites excluding steroid dienone is 16. The fourth-order valence-corrected chi connectivity index (χ4v) is 6.09. The molecule has 0 aliphatic rings. The van der Waals surface area contributed by atoms with E-state index in [1.165, 1.54) is 44.9 Å². The van der Waals surface area contributed by atoms with Crippen molar-refractivity contribution in [2.45, 2.75) is 207 Å². The molecule has 1 atom stereocenters. The van der Waals surface area contributed by atoms with E-state index in [0.29, 0.717) is 12.8 Å². The van der Waals surface area contributed by atoms with E-state index in [1.807, 2.05) is 6.08 Å². The number of carbonyl (C=O) groups is 3. The third-order valence-corrected chi connectivity index (χ3v) is 9.64. The SMILES string of the molecule is CC\C=C/C=C\C=C/CCCCCCCC(=O)OC(COC(=O)CCCC/C=C\C/C=C\C/C=C\CC)COC(=O)CCCCC/C=C\C=C/CCCCCCCCC. The lowest BCUT2D eigenvalue weighted by Gasteiger charge is -2.18. The zero-order chi connectivity index (χ0) is 43.0. The van der Waals surface area contributed by atoms with E-state index in [2.05, 4.69) is 112 Å². The number of unbranched alkanes of at least 4 members (excludes halogenated alkanes) is 17. The number of hydrogen-bond donors (Lipinski definition) is 0. The summed E-state index contributed by atoms with van der Waals surface area (Å²) in [7, 11) is 0. The van der Waals surface area contributed by atoms with Crippen LogP contribution in [-0.2, 0) is 28.6 Å². The minimum atomic E-state index is -0.814. The van der Waals surface area contributed by atoms with Gasteiger partial charge in [-0.05, 0) is 96.3 Å². The maximum Gasteiger partial charge on any atom is 0.306 e. The Hall–Kier alpha value is -3.67. The minimum absolute atomic E-state index is 0.114. The molecule has 0 aliphatic heterocycles. The van der Waals surface area contributed by atoms with E-state index >= 15 is 0 Å². The van der Waals surface area contributed by atoms with Crippen LogP contribution in [-0.4, -0.2) is 37.2 Å². The van der Waals surface area contributed by atoms with Gasteiger partial charge < -0.3 is 14.2 Å². The normalized spacial score (nSPS) is 12.9. The Labute approximate surface area is 362 Å². The van der Waals surface area contributed by atoms with Crippen LogP contribution in [0.5, 0.6) is 0 Å². The second-order valence-electron chi connectivity index (χ2n) is 15.3. The van der Waals surface area contributed by atoms with Gasteiger partial charge in [-0.2, -0.15) is 0 Å². The molecule has 0 heterocycles.